The van der Waals surface area contributed by atoms with Gasteiger partial charge in [0.1, 0.15) is 0 Å². The van der Waals surface area contributed by atoms with E-state index >= 15 is 0 Å². The Morgan fingerprint density at radius 2 is 1.41 bits per heavy atom. The first-order valence-electron chi connectivity index (χ1n) is 6.86. The molecule has 4 aromatic rings. The molecule has 2 heterocycles. The molecular weight excluding hydrogens is 296 g/mol. The smallest absolute Gasteiger partial charge is 0.185 e. The maximum atomic E-state index is 6.37. The molecule has 0 bridgehead atoms. The summed E-state index contributed by atoms with van der Waals surface area (Å²) in [5.74, 6) is 0.678. The molecule has 0 radical (unpaired) electrons. The van der Waals surface area contributed by atoms with Crippen molar-refractivity contribution in [1.82, 2.24) is 19.8 Å². The first kappa shape index (κ1) is 13.0. The highest BCUT2D eigenvalue weighted by molar-refractivity contribution is 6.32. The molecule has 22 heavy (non-hydrogen) atoms. The fraction of sp³-hybridized carbons (Fsp3) is 0. The zero-order valence-corrected chi connectivity index (χ0v) is 12.3. The van der Waals surface area contributed by atoms with E-state index in [1.165, 1.54) is 0 Å². The van der Waals surface area contributed by atoms with Gasteiger partial charge in [-0.3, -0.25) is 0 Å². The van der Waals surface area contributed by atoms with E-state index in [1.54, 1.807) is 4.52 Å². The second-order valence-corrected chi connectivity index (χ2v) is 5.23. The van der Waals surface area contributed by atoms with Crippen LogP contribution in [0.3, 0.4) is 0 Å². The van der Waals surface area contributed by atoms with Crippen LogP contribution in [0.4, 0.5) is 0 Å². The molecule has 0 aliphatic carbocycles. The molecule has 0 N–H and O–H groups in total. The Hall–Kier alpha value is -2.72. The molecule has 0 unspecified atom stereocenters. The topological polar surface area (TPSA) is 43.1 Å². The van der Waals surface area contributed by atoms with Crippen LogP contribution in [0.1, 0.15) is 0 Å². The zero-order chi connectivity index (χ0) is 14.9. The van der Waals surface area contributed by atoms with Gasteiger partial charge in [-0.15, -0.1) is 10.2 Å². The van der Waals surface area contributed by atoms with Crippen LogP contribution < -0.4 is 0 Å². The number of fused-ring (bicyclic) bond motifs is 1. The van der Waals surface area contributed by atoms with E-state index in [0.29, 0.717) is 16.6 Å². The lowest BCUT2D eigenvalue weighted by Gasteiger charge is -2.05. The van der Waals surface area contributed by atoms with E-state index in [2.05, 4.69) is 15.3 Å². The third-order valence-corrected chi connectivity index (χ3v) is 3.74. The Labute approximate surface area is 132 Å². The maximum Gasteiger partial charge on any atom is 0.185 e. The third kappa shape index (κ3) is 2.14. The van der Waals surface area contributed by atoms with E-state index in [0.717, 1.165) is 16.7 Å². The molecule has 106 valence electrons. The molecule has 4 rings (SSSR count). The molecular formula is C17H11ClN4. The molecule has 5 heteroatoms. The summed E-state index contributed by atoms with van der Waals surface area (Å²) < 4.78 is 1.67. The average molecular weight is 307 g/mol. The predicted octanol–water partition coefficient (Wildman–Crippen LogP) is 4.11. The number of rotatable bonds is 2. The van der Waals surface area contributed by atoms with Crippen molar-refractivity contribution in [2.75, 3.05) is 0 Å². The van der Waals surface area contributed by atoms with Crippen LogP contribution in [0.25, 0.3) is 28.2 Å². The molecule has 0 spiro atoms. The first-order valence-corrected chi connectivity index (χ1v) is 7.23. The fourth-order valence-corrected chi connectivity index (χ4v) is 2.64. The highest BCUT2D eigenvalue weighted by atomic mass is 35.5. The van der Waals surface area contributed by atoms with Crippen molar-refractivity contribution >= 4 is 17.2 Å². The highest BCUT2D eigenvalue weighted by Crippen LogP contribution is 2.28. The van der Waals surface area contributed by atoms with Crippen molar-refractivity contribution in [3.05, 3.63) is 71.9 Å². The first-order chi connectivity index (χ1) is 10.8. The Kier molecular flexibility index (Phi) is 3.09. The Morgan fingerprint density at radius 3 is 2.09 bits per heavy atom. The van der Waals surface area contributed by atoms with Gasteiger partial charge in [0.05, 0.1) is 0 Å². The minimum atomic E-state index is 0.427. The van der Waals surface area contributed by atoms with Gasteiger partial charge < -0.3 is 0 Å². The van der Waals surface area contributed by atoms with Gasteiger partial charge >= 0.3 is 0 Å². The Balaban J connectivity index is 1.91. The number of nitrogens with zero attached hydrogens (tertiary/aromatic N) is 4. The summed E-state index contributed by atoms with van der Waals surface area (Å²) in [5.41, 5.74) is 3.47. The summed E-state index contributed by atoms with van der Waals surface area (Å²) in [4.78, 5) is 0. The lowest BCUT2D eigenvalue weighted by atomic mass is 10.1. The van der Waals surface area contributed by atoms with Gasteiger partial charge in [-0.2, -0.15) is 9.61 Å². The van der Waals surface area contributed by atoms with Crippen LogP contribution in [-0.2, 0) is 0 Å². The van der Waals surface area contributed by atoms with Gasteiger partial charge in [0, 0.05) is 11.1 Å². The van der Waals surface area contributed by atoms with Crippen LogP contribution >= 0.6 is 11.6 Å². The normalized spacial score (nSPS) is 11.0. The highest BCUT2D eigenvalue weighted by Gasteiger charge is 2.13. The molecule has 0 fully saturated rings. The summed E-state index contributed by atoms with van der Waals surface area (Å²) in [7, 11) is 0. The lowest BCUT2D eigenvalue weighted by molar-refractivity contribution is 0.938. The summed E-state index contributed by atoms with van der Waals surface area (Å²) in [5, 5.41) is 13.3. The SMILES string of the molecule is Clc1nn2c(-c3ccccc3)nnc2cc1-c1ccccc1. The van der Waals surface area contributed by atoms with Crippen molar-refractivity contribution < 1.29 is 0 Å². The van der Waals surface area contributed by atoms with E-state index in [1.807, 2.05) is 66.7 Å². The minimum absolute atomic E-state index is 0.427. The monoisotopic (exact) mass is 306 g/mol. The summed E-state index contributed by atoms with van der Waals surface area (Å²) in [6, 6.07) is 21.6. The van der Waals surface area contributed by atoms with Crippen LogP contribution in [0.5, 0.6) is 0 Å². The van der Waals surface area contributed by atoms with Crippen LogP contribution in [0, 0.1) is 0 Å². The molecule has 0 aliphatic heterocycles. The van der Waals surface area contributed by atoms with Crippen molar-refractivity contribution in [1.29, 1.82) is 0 Å². The maximum absolute atomic E-state index is 6.37. The molecule has 2 aromatic heterocycles. The van der Waals surface area contributed by atoms with E-state index < -0.39 is 0 Å². The lowest BCUT2D eigenvalue weighted by Crippen LogP contribution is -1.97. The molecule has 2 aromatic carbocycles. The van der Waals surface area contributed by atoms with Gasteiger partial charge in [-0.25, -0.2) is 0 Å². The third-order valence-electron chi connectivity index (χ3n) is 3.47. The quantitative estimate of drug-likeness (QED) is 0.559. The van der Waals surface area contributed by atoms with E-state index in [-0.39, 0.29) is 0 Å². The molecule has 0 aliphatic rings. The van der Waals surface area contributed by atoms with E-state index in [9.17, 15) is 0 Å². The van der Waals surface area contributed by atoms with Crippen LogP contribution in [-0.4, -0.2) is 19.8 Å². The largest absolute Gasteiger partial charge is 0.191 e. The summed E-state index contributed by atoms with van der Waals surface area (Å²) in [6.45, 7) is 0. The predicted molar refractivity (Wildman–Crippen MR) is 86.7 cm³/mol. The summed E-state index contributed by atoms with van der Waals surface area (Å²) in [6.07, 6.45) is 0. The van der Waals surface area contributed by atoms with Crippen LogP contribution in [0.2, 0.25) is 5.15 Å². The number of aromatic nitrogens is 4. The van der Waals surface area contributed by atoms with Gasteiger partial charge in [-0.05, 0) is 11.6 Å². The minimum Gasteiger partial charge on any atom is -0.191 e. The van der Waals surface area contributed by atoms with Crippen molar-refractivity contribution in [2.45, 2.75) is 0 Å². The summed E-state index contributed by atoms with van der Waals surface area (Å²) >= 11 is 6.37. The zero-order valence-electron chi connectivity index (χ0n) is 11.5. The molecule has 0 amide bonds. The van der Waals surface area contributed by atoms with Gasteiger partial charge in [0.25, 0.3) is 0 Å². The molecule has 0 saturated carbocycles. The number of halogens is 1. The standard InChI is InChI=1S/C17H11ClN4/c18-16-14(12-7-3-1-4-8-12)11-15-19-20-17(22(15)21-16)13-9-5-2-6-10-13/h1-11H. The van der Waals surface area contributed by atoms with Gasteiger partial charge in [-0.1, -0.05) is 72.3 Å². The van der Waals surface area contributed by atoms with E-state index in [4.69, 9.17) is 11.6 Å². The second-order valence-electron chi connectivity index (χ2n) is 4.87. The van der Waals surface area contributed by atoms with Gasteiger partial charge in [0.15, 0.2) is 16.6 Å². The number of hydrogen-bond donors (Lipinski definition) is 0. The van der Waals surface area contributed by atoms with Crippen molar-refractivity contribution in [3.63, 3.8) is 0 Å². The fourth-order valence-electron chi connectivity index (χ4n) is 2.40. The molecule has 4 nitrogen and oxygen atoms in total. The van der Waals surface area contributed by atoms with Crippen molar-refractivity contribution in [3.8, 4) is 22.5 Å². The number of benzene rings is 2. The molecule has 0 saturated heterocycles. The Bertz CT molecular complexity index is 933. The second kappa shape index (κ2) is 5.24. The van der Waals surface area contributed by atoms with Crippen LogP contribution in [0.15, 0.2) is 66.7 Å². The van der Waals surface area contributed by atoms with Crippen molar-refractivity contribution in [2.24, 2.45) is 0 Å². The van der Waals surface area contributed by atoms with Gasteiger partial charge in [0.2, 0.25) is 0 Å². The average Bonchev–Trinajstić information content (AvgIpc) is 2.98. The molecule has 0 atom stereocenters. The Morgan fingerprint density at radius 1 is 0.773 bits per heavy atom. The number of hydrogen-bond acceptors (Lipinski definition) is 3.